The zero-order valence-electron chi connectivity index (χ0n) is 36.5. The predicted octanol–water partition coefficient (Wildman–Crippen LogP) is 4.13. The first-order chi connectivity index (χ1) is 27.7. The first-order valence-corrected chi connectivity index (χ1v) is 22.0. The molecule has 0 radical (unpaired) electrons. The van der Waals surface area contributed by atoms with Crippen LogP contribution in [-0.4, -0.2) is 97.4 Å². The van der Waals surface area contributed by atoms with Crippen LogP contribution in [0.2, 0.25) is 0 Å². The molecule has 4 fully saturated rings. The van der Waals surface area contributed by atoms with E-state index in [4.69, 9.17) is 9.47 Å². The first kappa shape index (κ1) is 43.7. The zero-order chi connectivity index (χ0) is 43.0. The van der Waals surface area contributed by atoms with Crippen molar-refractivity contribution in [1.82, 2.24) is 25.6 Å². The van der Waals surface area contributed by atoms with E-state index in [0.29, 0.717) is 29.4 Å². The standard InChI is InChI=1S/C45H69N5O9/c1-24-12-17-45(19-18-43(7)28(35(45)25(24)2)10-11-33-42(6)15-14-34(54)41(4,5)32(42)13-16-44(33,43)8)40(57)46-21-27-22-50(49-48-27)29-20-31(39(56)58-9)59-38(36(29)47-26(3)52)37(55)30(53)23-51/h10,20,22,24-25,29-30,32-38,51,53-55H,11-19,21,23H2,1-9H3,(H,46,57)(H,47,52)/t24-,25+,29+,30-,32+,33-,34+,35+,36-,37-,38-,42+,43-,44-,45+/m1/s1. The summed E-state index contributed by atoms with van der Waals surface area (Å²) in [5, 5.41) is 56.7. The van der Waals surface area contributed by atoms with Gasteiger partial charge in [-0.05, 0) is 115 Å². The van der Waals surface area contributed by atoms with E-state index in [1.165, 1.54) is 30.4 Å². The van der Waals surface area contributed by atoms with E-state index in [-0.39, 0.29) is 51.9 Å². The fourth-order valence-corrected chi connectivity index (χ4v) is 13.9. The summed E-state index contributed by atoms with van der Waals surface area (Å²) in [6, 6.07) is -1.96. The molecule has 2 amide bonds. The van der Waals surface area contributed by atoms with Gasteiger partial charge in [0.05, 0.1) is 50.1 Å². The molecule has 59 heavy (non-hydrogen) atoms. The Labute approximate surface area is 348 Å². The average Bonchev–Trinajstić information content (AvgIpc) is 3.68. The second kappa shape index (κ2) is 15.5. The number of fused-ring (bicyclic) bond motifs is 7. The lowest BCUT2D eigenvalue weighted by molar-refractivity contribution is -0.204. The number of rotatable bonds is 9. The highest BCUT2D eigenvalue weighted by molar-refractivity contribution is 5.86. The maximum absolute atomic E-state index is 14.9. The maximum Gasteiger partial charge on any atom is 0.373 e. The van der Waals surface area contributed by atoms with Gasteiger partial charge < -0.3 is 40.5 Å². The van der Waals surface area contributed by atoms with Crippen LogP contribution in [0.25, 0.3) is 0 Å². The summed E-state index contributed by atoms with van der Waals surface area (Å²) >= 11 is 0. The van der Waals surface area contributed by atoms with Crippen LogP contribution in [0.5, 0.6) is 0 Å². The van der Waals surface area contributed by atoms with Gasteiger partial charge in [0.15, 0.2) is 0 Å². The van der Waals surface area contributed by atoms with Crippen molar-refractivity contribution in [2.45, 2.75) is 156 Å². The van der Waals surface area contributed by atoms with E-state index in [0.717, 1.165) is 57.8 Å². The van der Waals surface area contributed by atoms with Crippen molar-refractivity contribution in [3.8, 4) is 0 Å². The van der Waals surface area contributed by atoms with Crippen LogP contribution in [0.15, 0.2) is 29.7 Å². The Morgan fingerprint density at radius 3 is 2.42 bits per heavy atom. The van der Waals surface area contributed by atoms with Crippen molar-refractivity contribution in [1.29, 1.82) is 0 Å². The molecule has 1 aromatic heterocycles. The third-order valence-corrected chi connectivity index (χ3v) is 17.7. The third kappa shape index (κ3) is 6.77. The number of carbonyl (C=O) groups is 3. The van der Waals surface area contributed by atoms with Crippen molar-refractivity contribution in [2.75, 3.05) is 13.7 Å². The zero-order valence-corrected chi connectivity index (χ0v) is 36.5. The largest absolute Gasteiger partial charge is 0.478 e. The van der Waals surface area contributed by atoms with Crippen LogP contribution in [0, 0.1) is 56.7 Å². The summed E-state index contributed by atoms with van der Waals surface area (Å²) in [5.74, 6) is 0.327. The number of aliphatic hydroxyl groups is 4. The summed E-state index contributed by atoms with van der Waals surface area (Å²) in [6.07, 6.45) is 9.32. The van der Waals surface area contributed by atoms with E-state index < -0.39 is 54.3 Å². The Balaban J connectivity index is 1.16. The van der Waals surface area contributed by atoms with Gasteiger partial charge in [-0.3, -0.25) is 9.59 Å². The fraction of sp³-hybridized carbons (Fsp3) is 0.800. The van der Waals surface area contributed by atoms with Gasteiger partial charge in [-0.25, -0.2) is 9.48 Å². The van der Waals surface area contributed by atoms with E-state index in [1.807, 2.05) is 0 Å². The minimum absolute atomic E-state index is 0.0287. The molecular formula is C45H69N5O9. The molecule has 14 nitrogen and oxygen atoms in total. The molecule has 6 N–H and O–H groups in total. The second-order valence-electron chi connectivity index (χ2n) is 20.6. The maximum atomic E-state index is 14.9. The molecule has 5 aliphatic carbocycles. The SMILES string of the molecule is COC(=O)C1=C[C@H](n2cc(CNC(=O)[C@]34CC[C@@H](C)[C@H](C)[C@H]3C3=CC[C@@H]5[C@@]6(C)CC[C@H](O)C(C)(C)[C@@H]6CC[C@@]5(C)[C@]3(C)CC4)nn2)[C@@H](NC(C)=O)[C@H]([C@H](O)[C@H](O)CO)O1. The van der Waals surface area contributed by atoms with Crippen molar-refractivity contribution in [3.63, 3.8) is 0 Å². The molecule has 2 heterocycles. The van der Waals surface area contributed by atoms with Gasteiger partial charge in [-0.15, -0.1) is 5.10 Å². The molecule has 0 aromatic carbocycles. The molecule has 1 aromatic rings. The van der Waals surface area contributed by atoms with E-state index >= 15 is 0 Å². The van der Waals surface area contributed by atoms with Crippen LogP contribution in [-0.2, 0) is 30.4 Å². The Bertz CT molecular complexity index is 1860. The van der Waals surface area contributed by atoms with Gasteiger partial charge in [-0.2, -0.15) is 0 Å². The predicted molar refractivity (Wildman–Crippen MR) is 218 cm³/mol. The highest BCUT2D eigenvalue weighted by atomic mass is 16.6. The number of allylic oxidation sites excluding steroid dienone is 2. The highest BCUT2D eigenvalue weighted by Crippen LogP contribution is 2.75. The number of amides is 2. The van der Waals surface area contributed by atoms with Crippen LogP contribution in [0.4, 0.5) is 0 Å². The molecular weight excluding hydrogens is 755 g/mol. The minimum Gasteiger partial charge on any atom is -0.478 e. The lowest BCUT2D eigenvalue weighted by Gasteiger charge is -2.71. The first-order valence-electron chi connectivity index (χ1n) is 22.0. The molecule has 1 aliphatic heterocycles. The van der Waals surface area contributed by atoms with Gasteiger partial charge in [0.2, 0.25) is 17.6 Å². The lowest BCUT2D eigenvalue weighted by Crippen LogP contribution is -2.66. The quantitative estimate of drug-likeness (QED) is 0.154. The van der Waals surface area contributed by atoms with Crippen molar-refractivity contribution >= 4 is 17.8 Å². The van der Waals surface area contributed by atoms with E-state index in [2.05, 4.69) is 75.5 Å². The van der Waals surface area contributed by atoms with Crippen molar-refractivity contribution in [3.05, 3.63) is 35.4 Å². The summed E-state index contributed by atoms with van der Waals surface area (Å²) < 4.78 is 12.0. The Morgan fingerprint density at radius 1 is 1.02 bits per heavy atom. The summed E-state index contributed by atoms with van der Waals surface area (Å²) in [6.45, 7) is 17.5. The van der Waals surface area contributed by atoms with Gasteiger partial charge in [0.1, 0.15) is 24.0 Å². The third-order valence-electron chi connectivity index (χ3n) is 17.7. The van der Waals surface area contributed by atoms with Gasteiger partial charge in [0, 0.05) is 6.92 Å². The van der Waals surface area contributed by atoms with Crippen molar-refractivity contribution < 1.29 is 44.3 Å². The molecule has 0 unspecified atom stereocenters. The summed E-state index contributed by atoms with van der Waals surface area (Å²) in [4.78, 5) is 39.9. The van der Waals surface area contributed by atoms with Gasteiger partial charge in [-0.1, -0.05) is 65.3 Å². The second-order valence-corrected chi connectivity index (χ2v) is 20.6. The number of esters is 1. The topological polar surface area (TPSA) is 205 Å². The summed E-state index contributed by atoms with van der Waals surface area (Å²) in [7, 11) is 1.17. The number of nitrogens with zero attached hydrogens (tertiary/aromatic N) is 3. The smallest absolute Gasteiger partial charge is 0.373 e. The average molecular weight is 824 g/mol. The number of methoxy groups -OCH3 is 1. The number of ether oxygens (including phenoxy) is 2. The minimum atomic E-state index is -1.69. The van der Waals surface area contributed by atoms with Crippen LogP contribution >= 0.6 is 0 Å². The number of hydrogen-bond acceptors (Lipinski definition) is 11. The molecule has 14 heteroatoms. The normalized spacial score (nSPS) is 42.2. The molecule has 328 valence electrons. The highest BCUT2D eigenvalue weighted by Gasteiger charge is 2.69. The molecule has 0 saturated heterocycles. The molecule has 0 bridgehead atoms. The van der Waals surface area contributed by atoms with Crippen LogP contribution in [0.1, 0.15) is 125 Å². The Morgan fingerprint density at radius 2 is 1.75 bits per heavy atom. The van der Waals surface area contributed by atoms with Crippen molar-refractivity contribution in [2.24, 2.45) is 56.7 Å². The molecule has 7 rings (SSSR count). The van der Waals surface area contributed by atoms with Gasteiger partial charge in [0.25, 0.3) is 0 Å². The number of carbonyl (C=O) groups excluding carboxylic acids is 3. The Hall–Kier alpha value is -3.33. The molecule has 6 aliphatic rings. The molecule has 0 spiro atoms. The number of hydrogen-bond donors (Lipinski definition) is 6. The van der Waals surface area contributed by atoms with Gasteiger partial charge >= 0.3 is 5.97 Å². The number of nitrogens with one attached hydrogen (secondary N) is 2. The van der Waals surface area contributed by atoms with Crippen LogP contribution < -0.4 is 10.6 Å². The molecule has 15 atom stereocenters. The Kier molecular flexibility index (Phi) is 11.5. The number of aromatic nitrogens is 3. The monoisotopic (exact) mass is 824 g/mol. The molecule has 4 saturated carbocycles. The lowest BCUT2D eigenvalue weighted by atomic mass is 9.33. The van der Waals surface area contributed by atoms with E-state index in [1.54, 1.807) is 6.20 Å². The summed E-state index contributed by atoms with van der Waals surface area (Å²) in [5.41, 5.74) is 1.43. The fourth-order valence-electron chi connectivity index (χ4n) is 13.9. The van der Waals surface area contributed by atoms with E-state index in [9.17, 15) is 34.8 Å². The number of aliphatic hydroxyl groups excluding tert-OH is 4. The van der Waals surface area contributed by atoms with Crippen LogP contribution in [0.3, 0.4) is 0 Å².